The first-order chi connectivity index (χ1) is 13.4. The molecule has 0 bridgehead atoms. The Morgan fingerprint density at radius 3 is 2.46 bits per heavy atom. The molecule has 4 atom stereocenters. The topological polar surface area (TPSA) is 90.3 Å². The van der Waals surface area contributed by atoms with Gasteiger partial charge in [0.2, 0.25) is 0 Å². The molecule has 1 aliphatic heterocycles. The first-order valence-corrected chi connectivity index (χ1v) is 9.86. The predicted molar refractivity (Wildman–Crippen MR) is 107 cm³/mol. The average molecular weight is 392 g/mol. The van der Waals surface area contributed by atoms with Crippen LogP contribution < -0.4 is 4.74 Å². The number of hydrogen-bond acceptors (Lipinski definition) is 5. The summed E-state index contributed by atoms with van der Waals surface area (Å²) in [5.41, 5.74) is 0.652. The van der Waals surface area contributed by atoms with E-state index in [0.717, 1.165) is 32.4 Å². The first kappa shape index (κ1) is 22.2. The van der Waals surface area contributed by atoms with Gasteiger partial charge in [-0.15, -0.1) is 0 Å². The van der Waals surface area contributed by atoms with Crippen molar-refractivity contribution in [2.45, 2.75) is 38.3 Å². The van der Waals surface area contributed by atoms with Crippen LogP contribution in [0.5, 0.6) is 5.75 Å². The summed E-state index contributed by atoms with van der Waals surface area (Å²) in [5, 5.41) is 17.3. The van der Waals surface area contributed by atoms with Gasteiger partial charge in [0, 0.05) is 19.1 Å². The standard InChI is InChI=1S/C20H30N2O3.CH2O2/c1-4-9-25-19-8-6-5-7-16(19)20(24)22-12-14-10-17(21(2)3)18(23)11-15(14)13-22;2-1-3/h5-8,14-15,17-18,23H,4,9-13H2,1-3H3;1H,(H,2,3)/t14-,15+,17-,18-;/m1./s1. The summed E-state index contributed by atoms with van der Waals surface area (Å²) in [7, 11) is 4.04. The molecule has 3 rings (SSSR count). The maximum Gasteiger partial charge on any atom is 0.290 e. The fraction of sp³-hybridized carbons (Fsp3) is 0.619. The number of nitrogens with zero attached hydrogens (tertiary/aromatic N) is 2. The molecule has 7 heteroatoms. The number of carbonyl (C=O) groups excluding carboxylic acids is 1. The normalized spacial score (nSPS) is 26.2. The van der Waals surface area contributed by atoms with Crippen LogP contribution in [-0.2, 0) is 4.79 Å². The van der Waals surface area contributed by atoms with Crippen molar-refractivity contribution in [3.63, 3.8) is 0 Å². The number of carboxylic acid groups (broad SMARTS) is 1. The van der Waals surface area contributed by atoms with Gasteiger partial charge >= 0.3 is 0 Å². The van der Waals surface area contributed by atoms with Crippen LogP contribution in [0.1, 0.15) is 36.5 Å². The molecule has 7 nitrogen and oxygen atoms in total. The fourth-order valence-electron chi connectivity index (χ4n) is 4.28. The Morgan fingerprint density at radius 2 is 1.86 bits per heavy atom. The maximum atomic E-state index is 13.0. The number of rotatable bonds is 5. The average Bonchev–Trinajstić information content (AvgIpc) is 3.08. The van der Waals surface area contributed by atoms with E-state index >= 15 is 0 Å². The van der Waals surface area contributed by atoms with E-state index in [0.29, 0.717) is 29.8 Å². The summed E-state index contributed by atoms with van der Waals surface area (Å²) in [5.74, 6) is 1.61. The van der Waals surface area contributed by atoms with Crippen LogP contribution in [0.4, 0.5) is 0 Å². The van der Waals surface area contributed by atoms with Crippen LogP contribution >= 0.6 is 0 Å². The lowest BCUT2D eigenvalue weighted by Gasteiger charge is -2.38. The molecule has 156 valence electrons. The fourth-order valence-corrected chi connectivity index (χ4v) is 4.28. The molecule has 28 heavy (non-hydrogen) atoms. The van der Waals surface area contributed by atoms with E-state index in [4.69, 9.17) is 14.6 Å². The third-order valence-corrected chi connectivity index (χ3v) is 5.64. The van der Waals surface area contributed by atoms with Crippen LogP contribution in [0, 0.1) is 11.8 Å². The van der Waals surface area contributed by atoms with Gasteiger partial charge in [0.1, 0.15) is 5.75 Å². The highest BCUT2D eigenvalue weighted by atomic mass is 16.5. The molecular weight excluding hydrogens is 360 g/mol. The van der Waals surface area contributed by atoms with Crippen LogP contribution in [0.15, 0.2) is 24.3 Å². The van der Waals surface area contributed by atoms with Crippen molar-refractivity contribution in [2.75, 3.05) is 33.8 Å². The summed E-state index contributed by atoms with van der Waals surface area (Å²) < 4.78 is 5.76. The van der Waals surface area contributed by atoms with Gasteiger partial charge in [-0.1, -0.05) is 19.1 Å². The van der Waals surface area contributed by atoms with Crippen LogP contribution in [0.2, 0.25) is 0 Å². The number of aliphatic hydroxyl groups excluding tert-OH is 1. The molecule has 2 N–H and O–H groups in total. The molecule has 1 saturated heterocycles. The Hall–Kier alpha value is -2.12. The highest BCUT2D eigenvalue weighted by Gasteiger charge is 2.43. The number of carbonyl (C=O) groups is 2. The maximum absolute atomic E-state index is 13.0. The second kappa shape index (κ2) is 10.4. The van der Waals surface area contributed by atoms with E-state index in [-0.39, 0.29) is 24.5 Å². The molecule has 0 spiro atoms. The van der Waals surface area contributed by atoms with Gasteiger partial charge in [-0.3, -0.25) is 9.59 Å². The Bertz CT molecular complexity index is 651. The smallest absolute Gasteiger partial charge is 0.290 e. The van der Waals surface area contributed by atoms with Crippen molar-refractivity contribution in [2.24, 2.45) is 11.8 Å². The second-order valence-electron chi connectivity index (χ2n) is 7.75. The molecule has 0 aromatic heterocycles. The highest BCUT2D eigenvalue weighted by molar-refractivity contribution is 5.97. The van der Waals surface area contributed by atoms with Gasteiger partial charge in [-0.2, -0.15) is 0 Å². The minimum atomic E-state index is -0.300. The monoisotopic (exact) mass is 392 g/mol. The van der Waals surface area contributed by atoms with Crippen LogP contribution in [0.25, 0.3) is 0 Å². The van der Waals surface area contributed by atoms with Crippen molar-refractivity contribution in [3.8, 4) is 5.75 Å². The van der Waals surface area contributed by atoms with Gasteiger partial charge in [0.25, 0.3) is 12.4 Å². The second-order valence-corrected chi connectivity index (χ2v) is 7.75. The number of para-hydroxylation sites is 1. The van der Waals surface area contributed by atoms with Crippen LogP contribution in [0.3, 0.4) is 0 Å². The lowest BCUT2D eigenvalue weighted by atomic mass is 9.77. The molecule has 0 unspecified atom stereocenters. The van der Waals surface area contributed by atoms with Crippen LogP contribution in [-0.4, -0.2) is 78.3 Å². The lowest BCUT2D eigenvalue weighted by molar-refractivity contribution is -0.122. The molecular formula is C21H32N2O5. The van der Waals surface area contributed by atoms with E-state index in [1.165, 1.54) is 0 Å². The first-order valence-electron chi connectivity index (χ1n) is 9.86. The Balaban J connectivity index is 0.000000878. The predicted octanol–water partition coefficient (Wildman–Crippen LogP) is 1.95. The van der Waals surface area contributed by atoms with Crippen molar-refractivity contribution in [1.29, 1.82) is 0 Å². The molecule has 1 aliphatic carbocycles. The number of likely N-dealkylation sites (tertiary alicyclic amines) is 1. The number of fused-ring (bicyclic) bond motifs is 1. The van der Waals surface area contributed by atoms with E-state index in [1.807, 2.05) is 43.3 Å². The Morgan fingerprint density at radius 1 is 1.25 bits per heavy atom. The zero-order chi connectivity index (χ0) is 20.7. The van der Waals surface area contributed by atoms with Crippen molar-refractivity contribution < 1.29 is 24.5 Å². The minimum absolute atomic E-state index is 0.0528. The number of ether oxygens (including phenoxy) is 1. The van der Waals surface area contributed by atoms with E-state index in [2.05, 4.69) is 11.8 Å². The molecule has 0 radical (unpaired) electrons. The van der Waals surface area contributed by atoms with Crippen molar-refractivity contribution in [1.82, 2.24) is 9.80 Å². The van der Waals surface area contributed by atoms with Gasteiger partial charge in [0.05, 0.1) is 18.3 Å². The number of aliphatic hydroxyl groups is 1. The summed E-state index contributed by atoms with van der Waals surface area (Å²) in [6.45, 7) is 3.94. The quantitative estimate of drug-likeness (QED) is 0.745. The largest absolute Gasteiger partial charge is 0.493 e. The summed E-state index contributed by atoms with van der Waals surface area (Å²) in [4.78, 5) is 25.5. The molecule has 1 heterocycles. The molecule has 1 saturated carbocycles. The minimum Gasteiger partial charge on any atom is -0.493 e. The Labute approximate surface area is 166 Å². The SMILES string of the molecule is CCCOc1ccccc1C(=O)N1C[C@H]2C[C@@H](N(C)C)[C@H](O)C[C@H]2C1.O=CO. The number of benzene rings is 1. The Kier molecular flexibility index (Phi) is 8.26. The third-order valence-electron chi connectivity index (χ3n) is 5.64. The van der Waals surface area contributed by atoms with Crippen molar-refractivity contribution >= 4 is 12.4 Å². The summed E-state index contributed by atoms with van der Waals surface area (Å²) in [6.07, 6.45) is 2.36. The third kappa shape index (κ3) is 5.23. The lowest BCUT2D eigenvalue weighted by Crippen LogP contribution is -2.46. The number of likely N-dealkylation sites (N-methyl/N-ethyl adjacent to an activating group) is 1. The van der Waals surface area contributed by atoms with E-state index in [9.17, 15) is 9.90 Å². The van der Waals surface area contributed by atoms with Gasteiger partial charge < -0.3 is 24.7 Å². The van der Waals surface area contributed by atoms with Crippen molar-refractivity contribution in [3.05, 3.63) is 29.8 Å². The summed E-state index contributed by atoms with van der Waals surface area (Å²) in [6, 6.07) is 7.71. The molecule has 2 aliphatic rings. The molecule has 1 aromatic carbocycles. The molecule has 1 amide bonds. The van der Waals surface area contributed by atoms with Gasteiger partial charge in [-0.05, 0) is 57.3 Å². The number of hydrogen-bond donors (Lipinski definition) is 2. The molecule has 1 aromatic rings. The zero-order valence-electron chi connectivity index (χ0n) is 17.0. The van der Waals surface area contributed by atoms with Gasteiger partial charge in [-0.25, -0.2) is 0 Å². The van der Waals surface area contributed by atoms with E-state index < -0.39 is 0 Å². The zero-order valence-corrected chi connectivity index (χ0v) is 17.0. The molecule has 2 fully saturated rings. The van der Waals surface area contributed by atoms with E-state index in [1.54, 1.807) is 0 Å². The number of amides is 1. The summed E-state index contributed by atoms with van der Waals surface area (Å²) >= 11 is 0. The van der Waals surface area contributed by atoms with Gasteiger partial charge in [0.15, 0.2) is 0 Å². The highest BCUT2D eigenvalue weighted by Crippen LogP contribution is 2.38.